The Morgan fingerprint density at radius 1 is 1.58 bits per heavy atom. The summed E-state index contributed by atoms with van der Waals surface area (Å²) in [6.07, 6.45) is -1.48. The fourth-order valence-corrected chi connectivity index (χ4v) is 1.51. The normalized spacial score (nSPS) is 48.2. The highest BCUT2D eigenvalue weighted by atomic mass is 16.6. The van der Waals surface area contributed by atoms with Gasteiger partial charge in [0.1, 0.15) is 17.8 Å². The molecular weight excluding hydrogens is 160 g/mol. The molecule has 1 aliphatic rings. The summed E-state index contributed by atoms with van der Waals surface area (Å²) in [6.45, 7) is 3.42. The van der Waals surface area contributed by atoms with E-state index in [2.05, 4.69) is 0 Å². The molecule has 1 fully saturated rings. The lowest BCUT2D eigenvalue weighted by atomic mass is 9.93. The lowest BCUT2D eigenvalue weighted by molar-refractivity contribution is -0.0878. The topological polar surface area (TPSA) is 58.9 Å². The Bertz CT molecular complexity index is 161. The first-order chi connectivity index (χ1) is 5.56. The summed E-state index contributed by atoms with van der Waals surface area (Å²) in [5.74, 6) is 0. The molecule has 1 unspecified atom stereocenters. The third-order valence-electron chi connectivity index (χ3n) is 2.75. The molecule has 0 amide bonds. The third kappa shape index (κ3) is 1.25. The van der Waals surface area contributed by atoms with Gasteiger partial charge in [0.05, 0.1) is 12.7 Å². The van der Waals surface area contributed by atoms with Crippen molar-refractivity contribution in [1.29, 1.82) is 0 Å². The van der Waals surface area contributed by atoms with Crippen LogP contribution in [0.2, 0.25) is 0 Å². The highest BCUT2D eigenvalue weighted by Crippen LogP contribution is 2.33. The minimum absolute atomic E-state index is 0.176. The molecule has 4 atom stereocenters. The Balaban J connectivity index is 2.76. The van der Waals surface area contributed by atoms with Crippen LogP contribution in [-0.4, -0.2) is 47.8 Å². The summed E-state index contributed by atoms with van der Waals surface area (Å²) in [6, 6.07) is 0. The van der Waals surface area contributed by atoms with Gasteiger partial charge in [-0.2, -0.15) is 0 Å². The van der Waals surface area contributed by atoms with Gasteiger partial charge in [-0.1, -0.05) is 0 Å². The molecule has 4 nitrogen and oxygen atoms in total. The smallest absolute Gasteiger partial charge is 0.119 e. The summed E-state index contributed by atoms with van der Waals surface area (Å²) in [4.78, 5) is 0. The van der Waals surface area contributed by atoms with Crippen LogP contribution in [-0.2, 0) is 9.47 Å². The Hall–Kier alpha value is -0.160. The largest absolute Gasteiger partial charge is 0.394 e. The van der Waals surface area contributed by atoms with Crippen LogP contribution < -0.4 is 0 Å². The number of ether oxygens (including phenoxy) is 2. The van der Waals surface area contributed by atoms with E-state index in [1.165, 1.54) is 7.11 Å². The van der Waals surface area contributed by atoms with Crippen LogP contribution in [0.15, 0.2) is 0 Å². The van der Waals surface area contributed by atoms with Crippen LogP contribution in [0, 0.1) is 0 Å². The lowest BCUT2D eigenvalue weighted by Crippen LogP contribution is -2.46. The van der Waals surface area contributed by atoms with Crippen molar-refractivity contribution in [2.75, 3.05) is 13.7 Å². The van der Waals surface area contributed by atoms with Gasteiger partial charge in [0.25, 0.3) is 0 Å². The van der Waals surface area contributed by atoms with Crippen molar-refractivity contribution in [3.63, 3.8) is 0 Å². The molecule has 4 heteroatoms. The third-order valence-corrected chi connectivity index (χ3v) is 2.75. The van der Waals surface area contributed by atoms with E-state index in [0.29, 0.717) is 0 Å². The lowest BCUT2D eigenvalue weighted by Gasteiger charge is -2.29. The van der Waals surface area contributed by atoms with Crippen LogP contribution in [0.1, 0.15) is 13.8 Å². The maximum absolute atomic E-state index is 9.67. The van der Waals surface area contributed by atoms with Crippen LogP contribution in [0.25, 0.3) is 0 Å². The van der Waals surface area contributed by atoms with Gasteiger partial charge in [-0.25, -0.2) is 0 Å². The van der Waals surface area contributed by atoms with Crippen molar-refractivity contribution < 1.29 is 19.7 Å². The Morgan fingerprint density at radius 2 is 2.17 bits per heavy atom. The van der Waals surface area contributed by atoms with E-state index in [-0.39, 0.29) is 12.7 Å². The number of rotatable bonds is 2. The highest BCUT2D eigenvalue weighted by Gasteiger charge is 2.51. The van der Waals surface area contributed by atoms with E-state index in [4.69, 9.17) is 14.6 Å². The van der Waals surface area contributed by atoms with Crippen LogP contribution in [0.5, 0.6) is 0 Å². The van der Waals surface area contributed by atoms with Crippen molar-refractivity contribution in [2.24, 2.45) is 0 Å². The average Bonchev–Trinajstić information content (AvgIpc) is 2.30. The predicted molar refractivity (Wildman–Crippen MR) is 42.8 cm³/mol. The first kappa shape index (κ1) is 9.92. The van der Waals surface area contributed by atoms with E-state index in [1.54, 1.807) is 6.92 Å². The zero-order chi connectivity index (χ0) is 9.35. The second kappa shape index (κ2) is 3.30. The minimum Gasteiger partial charge on any atom is -0.394 e. The Kier molecular flexibility index (Phi) is 2.73. The molecule has 1 saturated heterocycles. The molecule has 0 aromatic rings. The number of hydrogen-bond acceptors (Lipinski definition) is 4. The molecule has 1 rings (SSSR count). The standard InChI is InChI=1S/C8H16O4/c1-5-8(2,11-3)7(10)6(4-9)12-5/h5-7,9-10H,4H2,1-3H3/t5-,6+,7-,8?/m0/s1. The Morgan fingerprint density at radius 3 is 2.42 bits per heavy atom. The molecular formula is C8H16O4. The van der Waals surface area contributed by atoms with E-state index in [1.807, 2.05) is 6.92 Å². The van der Waals surface area contributed by atoms with Gasteiger partial charge < -0.3 is 19.7 Å². The van der Waals surface area contributed by atoms with Gasteiger partial charge in [0.2, 0.25) is 0 Å². The monoisotopic (exact) mass is 176 g/mol. The van der Waals surface area contributed by atoms with Crippen molar-refractivity contribution in [1.82, 2.24) is 0 Å². The van der Waals surface area contributed by atoms with Crippen LogP contribution in [0.4, 0.5) is 0 Å². The second-order valence-electron chi connectivity index (χ2n) is 3.33. The first-order valence-corrected chi connectivity index (χ1v) is 4.05. The molecule has 0 aromatic heterocycles. The van der Waals surface area contributed by atoms with E-state index >= 15 is 0 Å². The first-order valence-electron chi connectivity index (χ1n) is 4.05. The van der Waals surface area contributed by atoms with Crippen LogP contribution in [0.3, 0.4) is 0 Å². The zero-order valence-corrected chi connectivity index (χ0v) is 7.65. The second-order valence-corrected chi connectivity index (χ2v) is 3.33. The number of hydrogen-bond donors (Lipinski definition) is 2. The molecule has 0 aliphatic carbocycles. The van der Waals surface area contributed by atoms with Gasteiger partial charge in [0.15, 0.2) is 0 Å². The van der Waals surface area contributed by atoms with Gasteiger partial charge in [-0.05, 0) is 13.8 Å². The summed E-state index contributed by atoms with van der Waals surface area (Å²) < 4.78 is 10.5. The molecule has 1 aliphatic heterocycles. The maximum Gasteiger partial charge on any atom is 0.119 e. The predicted octanol–water partition coefficient (Wildman–Crippen LogP) is -0.468. The molecule has 0 saturated carbocycles. The molecule has 12 heavy (non-hydrogen) atoms. The molecule has 0 bridgehead atoms. The number of aliphatic hydroxyl groups excluding tert-OH is 2. The van der Waals surface area contributed by atoms with Gasteiger partial charge >= 0.3 is 0 Å². The molecule has 2 N–H and O–H groups in total. The molecule has 0 spiro atoms. The molecule has 0 aromatic carbocycles. The van der Waals surface area contributed by atoms with E-state index in [9.17, 15) is 5.11 Å². The minimum atomic E-state index is -0.762. The van der Waals surface area contributed by atoms with Crippen molar-refractivity contribution in [2.45, 2.75) is 37.8 Å². The van der Waals surface area contributed by atoms with Crippen molar-refractivity contribution >= 4 is 0 Å². The molecule has 0 radical (unpaired) electrons. The quantitative estimate of drug-likeness (QED) is 0.597. The van der Waals surface area contributed by atoms with E-state index in [0.717, 1.165) is 0 Å². The van der Waals surface area contributed by atoms with Gasteiger partial charge in [-0.15, -0.1) is 0 Å². The molecule has 1 heterocycles. The summed E-state index contributed by atoms with van der Waals surface area (Å²) in [5.41, 5.74) is -0.701. The van der Waals surface area contributed by atoms with Crippen molar-refractivity contribution in [3.8, 4) is 0 Å². The maximum atomic E-state index is 9.67. The fraction of sp³-hybridized carbons (Fsp3) is 1.00. The molecule has 72 valence electrons. The van der Waals surface area contributed by atoms with Crippen LogP contribution >= 0.6 is 0 Å². The highest BCUT2D eigenvalue weighted by molar-refractivity contribution is 4.99. The van der Waals surface area contributed by atoms with Gasteiger partial charge in [0, 0.05) is 7.11 Å². The summed E-state index contributed by atoms with van der Waals surface area (Å²) >= 11 is 0. The summed E-state index contributed by atoms with van der Waals surface area (Å²) in [5, 5.41) is 18.5. The fourth-order valence-electron chi connectivity index (χ4n) is 1.51. The van der Waals surface area contributed by atoms with Crippen molar-refractivity contribution in [3.05, 3.63) is 0 Å². The average molecular weight is 176 g/mol. The summed E-state index contributed by atoms with van der Waals surface area (Å²) in [7, 11) is 1.53. The van der Waals surface area contributed by atoms with E-state index < -0.39 is 17.8 Å². The SMILES string of the molecule is COC1(C)[C@H](C)O[C@H](CO)[C@@H]1O. The Labute approximate surface area is 72.1 Å². The number of aliphatic hydroxyl groups is 2. The zero-order valence-electron chi connectivity index (χ0n) is 7.65. The van der Waals surface area contributed by atoms with Gasteiger partial charge in [-0.3, -0.25) is 0 Å². The number of methoxy groups -OCH3 is 1.